The number of nitro benzene ring substituents is 1. The van der Waals surface area contributed by atoms with Crippen molar-refractivity contribution >= 4 is 23.3 Å². The minimum atomic E-state index is -0.414. The first kappa shape index (κ1) is 12.3. The fourth-order valence-corrected chi connectivity index (χ4v) is 2.05. The van der Waals surface area contributed by atoms with Crippen LogP contribution in [-0.4, -0.2) is 15.1 Å². The van der Waals surface area contributed by atoms with Gasteiger partial charge in [-0.1, -0.05) is 23.9 Å². The molecule has 0 fully saturated rings. The van der Waals surface area contributed by atoms with Crippen molar-refractivity contribution in [2.75, 3.05) is 5.73 Å². The maximum absolute atomic E-state index is 10.5. The highest BCUT2D eigenvalue weighted by atomic mass is 32.2. The van der Waals surface area contributed by atoms with Crippen LogP contribution in [0, 0.1) is 10.1 Å². The van der Waals surface area contributed by atoms with Gasteiger partial charge < -0.3 is 5.73 Å². The molecule has 2 rings (SSSR count). The van der Waals surface area contributed by atoms with Crippen molar-refractivity contribution in [3.8, 4) is 0 Å². The average molecular weight is 262 g/mol. The molecular formula is C11H10N4O2S. The lowest BCUT2D eigenvalue weighted by atomic mass is 10.2. The predicted octanol–water partition coefficient (Wildman–Crippen LogP) is 2.26. The van der Waals surface area contributed by atoms with E-state index in [-0.39, 0.29) is 5.69 Å². The number of nitrogens with zero attached hydrogens (tertiary/aromatic N) is 3. The summed E-state index contributed by atoms with van der Waals surface area (Å²) in [7, 11) is 0. The molecule has 0 unspecified atom stereocenters. The molecule has 0 aliphatic carbocycles. The van der Waals surface area contributed by atoms with Crippen LogP contribution in [0.3, 0.4) is 0 Å². The van der Waals surface area contributed by atoms with Crippen LogP contribution in [0.15, 0.2) is 41.4 Å². The highest BCUT2D eigenvalue weighted by Gasteiger charge is 2.04. The second-order valence-corrected chi connectivity index (χ2v) is 4.50. The van der Waals surface area contributed by atoms with E-state index in [1.807, 2.05) is 0 Å². The van der Waals surface area contributed by atoms with Crippen molar-refractivity contribution < 1.29 is 4.92 Å². The second-order valence-electron chi connectivity index (χ2n) is 3.51. The van der Waals surface area contributed by atoms with E-state index in [9.17, 15) is 10.1 Å². The zero-order chi connectivity index (χ0) is 13.0. The Morgan fingerprint density at radius 2 is 1.89 bits per heavy atom. The Hall–Kier alpha value is -2.15. The van der Waals surface area contributed by atoms with Crippen molar-refractivity contribution in [2.24, 2.45) is 0 Å². The lowest BCUT2D eigenvalue weighted by Gasteiger charge is -2.00. The third-order valence-corrected chi connectivity index (χ3v) is 3.19. The summed E-state index contributed by atoms with van der Waals surface area (Å²) < 4.78 is 0. The van der Waals surface area contributed by atoms with Crippen LogP contribution in [0.25, 0.3) is 0 Å². The molecule has 1 heterocycles. The highest BCUT2D eigenvalue weighted by molar-refractivity contribution is 7.98. The van der Waals surface area contributed by atoms with Crippen molar-refractivity contribution in [2.45, 2.75) is 10.8 Å². The maximum atomic E-state index is 10.5. The summed E-state index contributed by atoms with van der Waals surface area (Å²) in [6.45, 7) is 0. The van der Waals surface area contributed by atoms with Gasteiger partial charge in [-0.25, -0.2) is 0 Å². The van der Waals surface area contributed by atoms with E-state index >= 15 is 0 Å². The second kappa shape index (κ2) is 5.46. The summed E-state index contributed by atoms with van der Waals surface area (Å²) in [5.41, 5.74) is 6.52. The highest BCUT2D eigenvalue weighted by Crippen LogP contribution is 2.21. The van der Waals surface area contributed by atoms with Gasteiger partial charge in [0.15, 0.2) is 0 Å². The van der Waals surface area contributed by atoms with Gasteiger partial charge in [0.05, 0.1) is 4.92 Å². The summed E-state index contributed by atoms with van der Waals surface area (Å²) in [5.74, 6) is 1.06. The number of nitrogens with two attached hydrogens (primary N) is 1. The summed E-state index contributed by atoms with van der Waals surface area (Å²) in [6, 6.07) is 9.92. The first-order valence-electron chi connectivity index (χ1n) is 5.10. The molecular weight excluding hydrogens is 252 g/mol. The molecule has 7 heteroatoms. The summed E-state index contributed by atoms with van der Waals surface area (Å²) in [5, 5.41) is 18.9. The third kappa shape index (κ3) is 3.17. The van der Waals surface area contributed by atoms with Crippen LogP contribution in [0.4, 0.5) is 11.5 Å². The summed E-state index contributed by atoms with van der Waals surface area (Å²) in [6.07, 6.45) is 0. The maximum Gasteiger partial charge on any atom is 0.269 e. The Kier molecular flexibility index (Phi) is 3.73. The average Bonchev–Trinajstić information content (AvgIpc) is 2.38. The molecule has 18 heavy (non-hydrogen) atoms. The molecule has 92 valence electrons. The number of thioether (sulfide) groups is 1. The van der Waals surface area contributed by atoms with Gasteiger partial charge in [-0.3, -0.25) is 10.1 Å². The summed E-state index contributed by atoms with van der Waals surface area (Å²) >= 11 is 1.50. The molecule has 1 aromatic carbocycles. The van der Waals surface area contributed by atoms with E-state index in [4.69, 9.17) is 5.73 Å². The van der Waals surface area contributed by atoms with Gasteiger partial charge in [0.25, 0.3) is 5.69 Å². The summed E-state index contributed by atoms with van der Waals surface area (Å²) in [4.78, 5) is 10.1. The molecule has 0 aliphatic heterocycles. The molecule has 0 aliphatic rings. The van der Waals surface area contributed by atoms with Crippen LogP contribution in [0.2, 0.25) is 0 Å². The number of hydrogen-bond acceptors (Lipinski definition) is 6. The van der Waals surface area contributed by atoms with E-state index < -0.39 is 4.92 Å². The molecule has 0 saturated carbocycles. The number of aromatic nitrogens is 2. The topological polar surface area (TPSA) is 94.9 Å². The number of hydrogen-bond donors (Lipinski definition) is 1. The van der Waals surface area contributed by atoms with Crippen LogP contribution in [0.1, 0.15) is 5.56 Å². The number of nitrogen functional groups attached to an aromatic ring is 1. The van der Waals surface area contributed by atoms with Crippen LogP contribution in [0.5, 0.6) is 0 Å². The molecule has 0 radical (unpaired) electrons. The van der Waals surface area contributed by atoms with E-state index in [0.29, 0.717) is 11.6 Å². The third-order valence-electron chi connectivity index (χ3n) is 2.19. The Bertz CT molecular complexity index is 542. The molecule has 0 amide bonds. The van der Waals surface area contributed by atoms with Crippen molar-refractivity contribution in [1.29, 1.82) is 0 Å². The molecule has 2 aromatic rings. The Balaban J connectivity index is 1.97. The number of non-ortho nitro benzene ring substituents is 1. The molecule has 0 bridgehead atoms. The van der Waals surface area contributed by atoms with Gasteiger partial charge in [0, 0.05) is 17.9 Å². The van der Waals surface area contributed by atoms with Crippen molar-refractivity contribution in [3.63, 3.8) is 0 Å². The Morgan fingerprint density at radius 3 is 2.44 bits per heavy atom. The molecule has 0 atom stereocenters. The first-order chi connectivity index (χ1) is 8.65. The normalized spacial score (nSPS) is 10.2. The van der Waals surface area contributed by atoms with E-state index in [2.05, 4.69) is 10.2 Å². The van der Waals surface area contributed by atoms with E-state index in [1.54, 1.807) is 24.3 Å². The molecule has 2 N–H and O–H groups in total. The fraction of sp³-hybridized carbons (Fsp3) is 0.0909. The van der Waals surface area contributed by atoms with Gasteiger partial charge in [0.2, 0.25) is 0 Å². The fourth-order valence-electron chi connectivity index (χ4n) is 1.28. The smallest absolute Gasteiger partial charge is 0.269 e. The molecule has 0 saturated heterocycles. The van der Waals surface area contributed by atoms with Gasteiger partial charge in [-0.15, -0.1) is 10.2 Å². The minimum absolute atomic E-state index is 0.0935. The van der Waals surface area contributed by atoms with Crippen LogP contribution < -0.4 is 5.73 Å². The minimum Gasteiger partial charge on any atom is -0.382 e. The van der Waals surface area contributed by atoms with Gasteiger partial charge in [-0.2, -0.15) is 0 Å². The van der Waals surface area contributed by atoms with Crippen LogP contribution >= 0.6 is 11.8 Å². The Labute approximate surface area is 107 Å². The van der Waals surface area contributed by atoms with Gasteiger partial charge in [-0.05, 0) is 17.7 Å². The molecule has 0 spiro atoms. The number of benzene rings is 1. The van der Waals surface area contributed by atoms with Crippen molar-refractivity contribution in [3.05, 3.63) is 52.1 Å². The van der Waals surface area contributed by atoms with Gasteiger partial charge >= 0.3 is 0 Å². The zero-order valence-corrected chi connectivity index (χ0v) is 10.1. The zero-order valence-electron chi connectivity index (χ0n) is 9.31. The lowest BCUT2D eigenvalue weighted by molar-refractivity contribution is -0.384. The SMILES string of the molecule is Nc1ccc(SCc2ccc([N+](=O)[O-])cc2)nn1. The predicted molar refractivity (Wildman–Crippen MR) is 69.1 cm³/mol. The van der Waals surface area contributed by atoms with Crippen LogP contribution in [-0.2, 0) is 5.75 Å². The first-order valence-corrected chi connectivity index (χ1v) is 6.09. The molecule has 1 aromatic heterocycles. The number of nitro groups is 1. The van der Waals surface area contributed by atoms with E-state index in [1.165, 1.54) is 23.9 Å². The monoisotopic (exact) mass is 262 g/mol. The number of rotatable bonds is 4. The van der Waals surface area contributed by atoms with Gasteiger partial charge in [0.1, 0.15) is 10.8 Å². The Morgan fingerprint density at radius 1 is 1.17 bits per heavy atom. The molecule has 6 nitrogen and oxygen atoms in total. The van der Waals surface area contributed by atoms with E-state index in [0.717, 1.165) is 10.6 Å². The lowest BCUT2D eigenvalue weighted by Crippen LogP contribution is -1.93. The quantitative estimate of drug-likeness (QED) is 0.516. The number of anilines is 1. The largest absolute Gasteiger partial charge is 0.382 e. The van der Waals surface area contributed by atoms with Crippen molar-refractivity contribution in [1.82, 2.24) is 10.2 Å². The standard InChI is InChI=1S/C11H10N4O2S/c12-10-5-6-11(14-13-10)18-7-8-1-3-9(4-2-8)15(16)17/h1-6H,7H2,(H2,12,13).